The Bertz CT molecular complexity index is 1010. The van der Waals surface area contributed by atoms with Crippen molar-refractivity contribution in [2.45, 2.75) is 13.1 Å². The molecule has 0 amide bonds. The summed E-state index contributed by atoms with van der Waals surface area (Å²) >= 11 is 13.1. The summed E-state index contributed by atoms with van der Waals surface area (Å²) in [5.41, 5.74) is 3.46. The molecule has 1 aliphatic heterocycles. The number of benzene rings is 2. The van der Waals surface area contributed by atoms with Crippen molar-refractivity contribution in [2.24, 2.45) is 4.99 Å². The number of hydrogen-bond acceptors (Lipinski definition) is 4. The lowest BCUT2D eigenvalue weighted by Gasteiger charge is -2.17. The molecule has 0 bridgehead atoms. The van der Waals surface area contributed by atoms with Gasteiger partial charge in [0.1, 0.15) is 6.54 Å². The van der Waals surface area contributed by atoms with E-state index in [1.807, 2.05) is 61.1 Å². The van der Waals surface area contributed by atoms with Crippen LogP contribution < -0.4 is 0 Å². The van der Waals surface area contributed by atoms with Gasteiger partial charge in [0.25, 0.3) is 0 Å². The maximum Gasteiger partial charge on any atom is 0.159 e. The molecule has 7 heteroatoms. The Balaban J connectivity index is 1.97. The maximum atomic E-state index is 6.62. The first-order chi connectivity index (χ1) is 12.6. The highest BCUT2D eigenvalue weighted by atomic mass is 35.5. The van der Waals surface area contributed by atoms with Crippen LogP contribution in [0.25, 0.3) is 5.69 Å². The van der Waals surface area contributed by atoms with Crippen molar-refractivity contribution >= 4 is 28.9 Å². The summed E-state index contributed by atoms with van der Waals surface area (Å²) in [6.07, 6.45) is 0. The van der Waals surface area contributed by atoms with E-state index in [2.05, 4.69) is 15.1 Å². The number of para-hydroxylation sites is 1. The number of hydrogen-bond donors (Lipinski definition) is 0. The van der Waals surface area contributed by atoms with E-state index in [4.69, 9.17) is 28.2 Å². The molecule has 1 aromatic heterocycles. The van der Waals surface area contributed by atoms with Crippen LogP contribution in [0, 0.1) is 0 Å². The summed E-state index contributed by atoms with van der Waals surface area (Å²) in [6, 6.07) is 13.5. The zero-order chi connectivity index (χ0) is 18.3. The van der Waals surface area contributed by atoms with Gasteiger partial charge in [-0.05, 0) is 26.2 Å². The molecule has 0 saturated carbocycles. The number of rotatable bonds is 3. The predicted octanol–water partition coefficient (Wildman–Crippen LogP) is 3.99. The van der Waals surface area contributed by atoms with E-state index in [-0.39, 0.29) is 0 Å². The van der Waals surface area contributed by atoms with Gasteiger partial charge in [-0.1, -0.05) is 53.5 Å². The maximum absolute atomic E-state index is 6.62. The molecule has 0 radical (unpaired) electrons. The van der Waals surface area contributed by atoms with Gasteiger partial charge in [0.2, 0.25) is 0 Å². The molecular weight excluding hydrogens is 369 g/mol. The standard InChI is InChI=1S/C19H17Cl2N5/c1-25(2)11-17-24-23-16-10-22-18(12-6-3-4-8-14(12)20)13-7-5-9-15(21)19(13)26(16)17/h3-9H,10-11H2,1-2H3. The average Bonchev–Trinajstić information content (AvgIpc) is 2.90. The Labute approximate surface area is 161 Å². The first-order valence-electron chi connectivity index (χ1n) is 8.22. The van der Waals surface area contributed by atoms with Crippen LogP contribution in [-0.2, 0) is 13.1 Å². The Kier molecular flexibility index (Phi) is 4.53. The van der Waals surface area contributed by atoms with Gasteiger partial charge >= 0.3 is 0 Å². The van der Waals surface area contributed by atoms with Crippen LogP contribution in [-0.4, -0.2) is 39.5 Å². The van der Waals surface area contributed by atoms with Crippen LogP contribution in [0.4, 0.5) is 0 Å². The third-order valence-corrected chi connectivity index (χ3v) is 4.86. The highest BCUT2D eigenvalue weighted by Gasteiger charge is 2.25. The summed E-state index contributed by atoms with van der Waals surface area (Å²) in [5.74, 6) is 1.59. The van der Waals surface area contributed by atoms with E-state index in [9.17, 15) is 0 Å². The minimum Gasteiger partial charge on any atom is -0.302 e. The summed E-state index contributed by atoms with van der Waals surface area (Å²) in [7, 11) is 4.00. The monoisotopic (exact) mass is 385 g/mol. The van der Waals surface area contributed by atoms with Gasteiger partial charge < -0.3 is 4.90 Å². The van der Waals surface area contributed by atoms with Crippen molar-refractivity contribution in [2.75, 3.05) is 14.1 Å². The van der Waals surface area contributed by atoms with Crippen molar-refractivity contribution in [1.82, 2.24) is 19.7 Å². The molecule has 0 atom stereocenters. The van der Waals surface area contributed by atoms with Crippen LogP contribution in [0.3, 0.4) is 0 Å². The Morgan fingerprint density at radius 1 is 0.962 bits per heavy atom. The van der Waals surface area contributed by atoms with Crippen molar-refractivity contribution in [1.29, 1.82) is 0 Å². The van der Waals surface area contributed by atoms with Crippen molar-refractivity contribution in [3.63, 3.8) is 0 Å². The van der Waals surface area contributed by atoms with Gasteiger partial charge in [0, 0.05) is 16.1 Å². The lowest BCUT2D eigenvalue weighted by molar-refractivity contribution is 0.387. The zero-order valence-electron chi connectivity index (χ0n) is 14.4. The van der Waals surface area contributed by atoms with Crippen molar-refractivity contribution < 1.29 is 0 Å². The topological polar surface area (TPSA) is 46.3 Å². The van der Waals surface area contributed by atoms with Gasteiger partial charge in [-0.25, -0.2) is 0 Å². The van der Waals surface area contributed by atoms with Gasteiger partial charge in [-0.3, -0.25) is 9.56 Å². The fraction of sp³-hybridized carbons (Fsp3) is 0.211. The van der Waals surface area contributed by atoms with E-state index in [0.29, 0.717) is 23.1 Å². The molecule has 3 aromatic rings. The molecular formula is C19H17Cl2N5. The molecule has 0 N–H and O–H groups in total. The normalized spacial score (nSPS) is 13.2. The first kappa shape index (κ1) is 17.2. The van der Waals surface area contributed by atoms with E-state index >= 15 is 0 Å². The average molecular weight is 386 g/mol. The zero-order valence-corrected chi connectivity index (χ0v) is 16.0. The summed E-state index contributed by atoms with van der Waals surface area (Å²) in [6.45, 7) is 1.06. The second-order valence-electron chi connectivity index (χ2n) is 6.39. The third kappa shape index (κ3) is 2.92. The minimum absolute atomic E-state index is 0.409. The molecule has 1 aliphatic rings. The Morgan fingerprint density at radius 2 is 1.69 bits per heavy atom. The van der Waals surface area contributed by atoms with Crippen LogP contribution in [0.2, 0.25) is 10.0 Å². The highest BCUT2D eigenvalue weighted by molar-refractivity contribution is 6.37. The van der Waals surface area contributed by atoms with Gasteiger partial charge in [-0.15, -0.1) is 10.2 Å². The van der Waals surface area contributed by atoms with Crippen molar-refractivity contribution in [3.05, 3.63) is 75.3 Å². The summed E-state index contributed by atoms with van der Waals surface area (Å²) in [5, 5.41) is 9.99. The second-order valence-corrected chi connectivity index (χ2v) is 7.20. The molecule has 0 fully saturated rings. The quantitative estimate of drug-likeness (QED) is 0.684. The summed E-state index contributed by atoms with van der Waals surface area (Å²) in [4.78, 5) is 6.86. The molecule has 2 aromatic carbocycles. The largest absolute Gasteiger partial charge is 0.302 e. The summed E-state index contributed by atoms with van der Waals surface area (Å²) < 4.78 is 2.02. The molecule has 2 heterocycles. The molecule has 4 rings (SSSR count). The number of fused-ring (bicyclic) bond motifs is 3. The lowest BCUT2D eigenvalue weighted by Crippen LogP contribution is -2.17. The first-order valence-corrected chi connectivity index (χ1v) is 8.98. The van der Waals surface area contributed by atoms with Gasteiger partial charge in [0.05, 0.1) is 23.0 Å². The molecule has 0 spiro atoms. The fourth-order valence-electron chi connectivity index (χ4n) is 3.15. The van der Waals surface area contributed by atoms with Gasteiger partial charge in [0.15, 0.2) is 11.6 Å². The van der Waals surface area contributed by atoms with Crippen LogP contribution in [0.5, 0.6) is 0 Å². The third-order valence-electron chi connectivity index (χ3n) is 4.23. The highest BCUT2D eigenvalue weighted by Crippen LogP contribution is 2.33. The second kappa shape index (κ2) is 6.83. The number of aliphatic imine (C=N–C) groups is 1. The van der Waals surface area contributed by atoms with E-state index in [1.54, 1.807) is 0 Å². The molecule has 0 unspecified atom stereocenters. The van der Waals surface area contributed by atoms with Crippen LogP contribution in [0.15, 0.2) is 47.5 Å². The van der Waals surface area contributed by atoms with Crippen LogP contribution in [0.1, 0.15) is 22.8 Å². The number of halogens is 2. The molecule has 132 valence electrons. The molecule has 5 nitrogen and oxygen atoms in total. The van der Waals surface area contributed by atoms with Crippen LogP contribution >= 0.6 is 23.2 Å². The number of nitrogens with zero attached hydrogens (tertiary/aromatic N) is 5. The van der Waals surface area contributed by atoms with Gasteiger partial charge in [-0.2, -0.15) is 0 Å². The fourth-order valence-corrected chi connectivity index (χ4v) is 3.64. The molecule has 0 aliphatic carbocycles. The Hall–Kier alpha value is -2.21. The lowest BCUT2D eigenvalue weighted by atomic mass is 10.0. The van der Waals surface area contributed by atoms with Crippen molar-refractivity contribution in [3.8, 4) is 5.69 Å². The minimum atomic E-state index is 0.409. The predicted molar refractivity (Wildman–Crippen MR) is 105 cm³/mol. The molecule has 0 saturated heterocycles. The SMILES string of the molecule is CN(C)Cc1nnc2n1-c1c(Cl)cccc1C(c1ccccc1Cl)=NC2. The van der Waals surface area contributed by atoms with E-state index < -0.39 is 0 Å². The number of aromatic nitrogens is 3. The van der Waals surface area contributed by atoms with E-state index in [1.165, 1.54) is 0 Å². The smallest absolute Gasteiger partial charge is 0.159 e. The molecule has 26 heavy (non-hydrogen) atoms. The van der Waals surface area contributed by atoms with E-state index in [0.717, 1.165) is 34.2 Å². The Morgan fingerprint density at radius 3 is 2.46 bits per heavy atom.